The van der Waals surface area contributed by atoms with Crippen molar-refractivity contribution < 1.29 is 42.3 Å². The Kier molecular flexibility index (Phi) is 18.5. The van der Waals surface area contributed by atoms with Gasteiger partial charge in [-0.05, 0) is 89.2 Å². The molecule has 0 radical (unpaired) electrons. The van der Waals surface area contributed by atoms with Gasteiger partial charge in [-0.15, -0.1) is 11.3 Å². The van der Waals surface area contributed by atoms with Crippen LogP contribution < -0.4 is 16.1 Å². The molecule has 0 unspecified atom stereocenters. The number of carbonyl (C=O) groups excluding carboxylic acids is 4. The Hall–Kier alpha value is -4.39. The van der Waals surface area contributed by atoms with Gasteiger partial charge in [0.25, 0.3) is 5.91 Å². The number of nitrogens with one attached hydrogen (secondary N) is 3. The summed E-state index contributed by atoms with van der Waals surface area (Å²) in [4.78, 5) is 65.6. The van der Waals surface area contributed by atoms with Crippen molar-refractivity contribution in [2.45, 2.75) is 117 Å². The van der Waals surface area contributed by atoms with Gasteiger partial charge < -0.3 is 20.6 Å². The van der Waals surface area contributed by atoms with Crippen LogP contribution in [0, 0.1) is 39.3 Å². The summed E-state index contributed by atoms with van der Waals surface area (Å²) in [5, 5.41) is 16.0. The summed E-state index contributed by atoms with van der Waals surface area (Å²) in [6.07, 6.45) is 6.70. The quantitative estimate of drug-likeness (QED) is 0.0346. The fourth-order valence-electron chi connectivity index (χ4n) is 7.58. The second kappa shape index (κ2) is 23.5. The normalized spacial score (nSPS) is 15.6. The lowest BCUT2D eigenvalue weighted by Gasteiger charge is -2.34. The minimum absolute atomic E-state index is 0.00466. The number of carbonyl (C=O) groups is 4. The number of hydrogen-bond donors (Lipinski definition) is 4. The van der Waals surface area contributed by atoms with Crippen LogP contribution in [0.2, 0.25) is 0 Å². The Morgan fingerprint density at radius 2 is 1.62 bits per heavy atom. The van der Waals surface area contributed by atoms with Gasteiger partial charge in [0.2, 0.25) is 11.8 Å². The number of Topliss-reactive ketones (excluding diaryl/α,β-unsaturated/α-hetero) is 1. The predicted octanol–water partition coefficient (Wildman–Crippen LogP) is 9.96. The Labute approximate surface area is 385 Å². The molecule has 0 saturated carbocycles. The molecule has 5 rings (SSSR count). The SMILES string of the molecule is Cc1ncsc1-c1ccc(CNC(=O)[C@@H]2C[C@@H](O)CN2C(=O)[C@@H](CC(=O)CCCCCCCCCCONC(=O)c2ccc(F)c(F)c2Nc2ccc(I)cc2F)C(C)(C)C)cc1. The lowest BCUT2D eigenvalue weighted by molar-refractivity contribution is -0.146. The van der Waals surface area contributed by atoms with Gasteiger partial charge in [-0.25, -0.2) is 23.6 Å². The van der Waals surface area contributed by atoms with Crippen LogP contribution in [0.5, 0.6) is 0 Å². The minimum Gasteiger partial charge on any atom is -0.391 e. The van der Waals surface area contributed by atoms with Crippen LogP contribution >= 0.6 is 33.9 Å². The molecule has 3 atom stereocenters. The fourth-order valence-corrected chi connectivity index (χ4v) is 8.84. The van der Waals surface area contributed by atoms with Crippen molar-refractivity contribution >= 4 is 68.8 Å². The maximum absolute atomic E-state index is 14.7. The number of halogens is 4. The number of amides is 3. The van der Waals surface area contributed by atoms with Crippen molar-refractivity contribution in [2.24, 2.45) is 11.3 Å². The molecule has 4 N–H and O–H groups in total. The van der Waals surface area contributed by atoms with E-state index in [1.54, 1.807) is 17.4 Å². The highest BCUT2D eigenvalue weighted by Gasteiger charge is 2.44. The van der Waals surface area contributed by atoms with Crippen LogP contribution in [-0.2, 0) is 25.8 Å². The number of aliphatic hydroxyl groups is 1. The van der Waals surface area contributed by atoms with Gasteiger partial charge in [0, 0.05) is 41.8 Å². The first-order chi connectivity index (χ1) is 30.0. The molecule has 63 heavy (non-hydrogen) atoms. The zero-order valence-corrected chi connectivity index (χ0v) is 39.2. The summed E-state index contributed by atoms with van der Waals surface area (Å²) in [7, 11) is 0. The average Bonchev–Trinajstić information content (AvgIpc) is 3.86. The van der Waals surface area contributed by atoms with Crippen LogP contribution in [-0.4, -0.2) is 63.8 Å². The molecule has 4 aromatic rings. The van der Waals surface area contributed by atoms with E-state index in [0.717, 1.165) is 72.4 Å². The van der Waals surface area contributed by atoms with E-state index in [0.29, 0.717) is 22.8 Å². The first-order valence-electron chi connectivity index (χ1n) is 21.4. The summed E-state index contributed by atoms with van der Waals surface area (Å²) in [5.74, 6) is -5.25. The van der Waals surface area contributed by atoms with Gasteiger partial charge in [0.05, 0.1) is 45.7 Å². The number of aryl methyl sites for hydroxylation is 1. The van der Waals surface area contributed by atoms with E-state index in [1.165, 1.54) is 17.0 Å². The topological polar surface area (TPSA) is 150 Å². The van der Waals surface area contributed by atoms with E-state index < -0.39 is 52.5 Å². The van der Waals surface area contributed by atoms with Gasteiger partial charge in [0.15, 0.2) is 11.6 Å². The molecule has 1 saturated heterocycles. The fraction of sp³-hybridized carbons (Fsp3) is 0.468. The number of likely N-dealkylation sites (tertiary alicyclic amines) is 1. The van der Waals surface area contributed by atoms with E-state index in [-0.39, 0.29) is 61.4 Å². The molecule has 0 spiro atoms. The Morgan fingerprint density at radius 1 is 0.937 bits per heavy atom. The first kappa shape index (κ1) is 49.6. The van der Waals surface area contributed by atoms with E-state index in [9.17, 15) is 37.5 Å². The van der Waals surface area contributed by atoms with Crippen molar-refractivity contribution in [2.75, 3.05) is 18.5 Å². The van der Waals surface area contributed by atoms with Gasteiger partial charge >= 0.3 is 0 Å². The summed E-state index contributed by atoms with van der Waals surface area (Å²) < 4.78 is 43.7. The number of nitrogens with zero attached hydrogens (tertiary/aromatic N) is 2. The molecule has 3 amide bonds. The van der Waals surface area contributed by atoms with Crippen LogP contribution in [0.25, 0.3) is 10.4 Å². The number of anilines is 2. The number of aliphatic hydroxyl groups excluding tert-OH is 1. The monoisotopic (exact) mass is 1000 g/mol. The standard InChI is InChI=1S/C47H57F3IN5O6S/c1-29-43(63-28-53-29)31-16-14-30(15-17-31)26-52-45(60)40-25-34(58)27-56(40)46(61)36(47(2,3)4)24-33(57)13-11-9-7-5-6-8-10-12-22-62-55-44(59)35-19-20-37(48)41(50)42(35)54-39-21-18-32(51)23-38(39)49/h14-21,23,28,34,36,40,54,58H,5-13,22,24-27H2,1-4H3,(H,52,60)(H,55,59)/t34-,36-,40+/m1/s1. The highest BCUT2D eigenvalue weighted by atomic mass is 127. The number of benzene rings is 3. The van der Waals surface area contributed by atoms with Crippen molar-refractivity contribution in [3.63, 3.8) is 0 Å². The lowest BCUT2D eigenvalue weighted by atomic mass is 9.76. The number of aromatic nitrogens is 1. The number of rotatable bonds is 22. The number of ketones is 1. The summed E-state index contributed by atoms with van der Waals surface area (Å²) >= 11 is 3.49. The first-order valence-corrected chi connectivity index (χ1v) is 23.4. The third-order valence-corrected chi connectivity index (χ3v) is 12.9. The maximum atomic E-state index is 14.7. The number of unbranched alkanes of at least 4 members (excludes halogenated alkanes) is 7. The van der Waals surface area contributed by atoms with Gasteiger partial charge in [0.1, 0.15) is 17.6 Å². The average molecular weight is 1000 g/mol. The molecule has 11 nitrogen and oxygen atoms in total. The number of hydroxylamine groups is 1. The van der Waals surface area contributed by atoms with Crippen LogP contribution in [0.3, 0.4) is 0 Å². The molecule has 3 aromatic carbocycles. The number of thiazole rings is 1. The molecule has 1 fully saturated rings. The molecule has 2 heterocycles. The smallest absolute Gasteiger partial charge is 0.277 e. The summed E-state index contributed by atoms with van der Waals surface area (Å²) in [6.45, 7) is 8.26. The Morgan fingerprint density at radius 3 is 2.27 bits per heavy atom. The van der Waals surface area contributed by atoms with Gasteiger partial charge in [-0.3, -0.25) is 24.0 Å². The molecular weight excluding hydrogens is 947 g/mol. The number of hydrogen-bond acceptors (Lipinski definition) is 9. The summed E-state index contributed by atoms with van der Waals surface area (Å²) in [5.41, 5.74) is 5.59. The lowest BCUT2D eigenvalue weighted by Crippen LogP contribution is -2.50. The molecule has 16 heteroatoms. The Balaban J connectivity index is 0.962. The third-order valence-electron chi connectivity index (χ3n) is 11.2. The van der Waals surface area contributed by atoms with Crippen molar-refractivity contribution in [1.29, 1.82) is 0 Å². The van der Waals surface area contributed by atoms with Crippen molar-refractivity contribution in [1.82, 2.24) is 20.7 Å². The molecule has 1 aliphatic rings. The second-order valence-electron chi connectivity index (χ2n) is 17.1. The van der Waals surface area contributed by atoms with Crippen LogP contribution in [0.4, 0.5) is 24.5 Å². The van der Waals surface area contributed by atoms with E-state index in [1.807, 2.05) is 80.1 Å². The zero-order valence-electron chi connectivity index (χ0n) is 36.2. The largest absolute Gasteiger partial charge is 0.391 e. The molecule has 340 valence electrons. The summed E-state index contributed by atoms with van der Waals surface area (Å²) in [6, 6.07) is 13.2. The van der Waals surface area contributed by atoms with Crippen molar-refractivity contribution in [3.05, 3.63) is 98.0 Å². The van der Waals surface area contributed by atoms with E-state index in [2.05, 4.69) is 21.1 Å². The van der Waals surface area contributed by atoms with E-state index in [4.69, 9.17) is 4.84 Å². The maximum Gasteiger partial charge on any atom is 0.277 e. The number of β-amino-alcohol motifs (C(OH)–C–C–N with tert-alkyl or cyclic N) is 1. The van der Waals surface area contributed by atoms with Gasteiger partial charge in [-0.2, -0.15) is 0 Å². The molecule has 0 aliphatic carbocycles. The highest BCUT2D eigenvalue weighted by molar-refractivity contribution is 14.1. The zero-order chi connectivity index (χ0) is 45.7. The van der Waals surface area contributed by atoms with Gasteiger partial charge in [-0.1, -0.05) is 83.6 Å². The second-order valence-corrected chi connectivity index (χ2v) is 19.2. The minimum atomic E-state index is -1.32. The van der Waals surface area contributed by atoms with E-state index >= 15 is 0 Å². The molecule has 1 aromatic heterocycles. The third kappa shape index (κ3) is 14.3. The molecule has 1 aliphatic heterocycles. The Bertz CT molecular complexity index is 2200. The predicted molar refractivity (Wildman–Crippen MR) is 247 cm³/mol. The van der Waals surface area contributed by atoms with Crippen molar-refractivity contribution in [3.8, 4) is 10.4 Å². The van der Waals surface area contributed by atoms with Crippen LogP contribution in [0.15, 0.2) is 60.1 Å². The molecular formula is C47H57F3IN5O6S. The van der Waals surface area contributed by atoms with Crippen LogP contribution in [0.1, 0.15) is 113 Å². The molecule has 0 bridgehead atoms. The highest BCUT2D eigenvalue weighted by Crippen LogP contribution is 2.34.